The highest BCUT2D eigenvalue weighted by Crippen LogP contribution is 2.52. The number of hydrogen-bond acceptors (Lipinski definition) is 4. The van der Waals surface area contributed by atoms with Crippen LogP contribution in [0.25, 0.3) is 0 Å². The summed E-state index contributed by atoms with van der Waals surface area (Å²) in [5.74, 6) is 0.648. The Balaban J connectivity index is 1.59. The Bertz CT molecular complexity index is 930. The molecular weight excluding hydrogens is 402 g/mol. The topological polar surface area (TPSA) is 79.0 Å². The number of ether oxygens (including phenoxy) is 1. The summed E-state index contributed by atoms with van der Waals surface area (Å²) in [5.41, 5.74) is 1.14. The van der Waals surface area contributed by atoms with Gasteiger partial charge in [-0.25, -0.2) is 0 Å². The second-order valence-corrected chi connectivity index (χ2v) is 12.2. The van der Waals surface area contributed by atoms with Crippen molar-refractivity contribution in [2.24, 2.45) is 10.8 Å². The largest absolute Gasteiger partial charge is 0.497 e. The number of benzene rings is 1. The molecule has 7 nitrogen and oxygen atoms in total. The number of amides is 1. The van der Waals surface area contributed by atoms with Gasteiger partial charge in [-0.15, -0.1) is 0 Å². The van der Waals surface area contributed by atoms with Gasteiger partial charge in [-0.3, -0.25) is 4.79 Å². The first-order valence-corrected chi connectivity index (χ1v) is 12.1. The molecule has 3 aliphatic rings. The summed E-state index contributed by atoms with van der Waals surface area (Å²) in [6.45, 7) is 7.51. The lowest BCUT2D eigenvalue weighted by Crippen LogP contribution is -2.58. The predicted molar refractivity (Wildman–Crippen MR) is 115 cm³/mol. The van der Waals surface area contributed by atoms with E-state index in [0.29, 0.717) is 18.7 Å². The van der Waals surface area contributed by atoms with Gasteiger partial charge in [0.25, 0.3) is 10.2 Å². The lowest BCUT2D eigenvalue weighted by molar-refractivity contribution is -0.137. The molecule has 0 spiro atoms. The van der Waals surface area contributed by atoms with E-state index in [4.69, 9.17) is 4.74 Å². The van der Waals surface area contributed by atoms with Crippen LogP contribution in [0.1, 0.15) is 58.1 Å². The van der Waals surface area contributed by atoms with Crippen LogP contribution in [-0.2, 0) is 15.0 Å². The molecular formula is C22H33N3O4S. The molecule has 1 N–H and O–H groups in total. The molecule has 4 atom stereocenters. The summed E-state index contributed by atoms with van der Waals surface area (Å²) in [4.78, 5) is 15.6. The number of nitrogens with one attached hydrogen (secondary N) is 1. The summed E-state index contributed by atoms with van der Waals surface area (Å²) in [5, 5.41) is 0. The van der Waals surface area contributed by atoms with Gasteiger partial charge in [-0.1, -0.05) is 32.9 Å². The molecule has 30 heavy (non-hydrogen) atoms. The molecule has 2 bridgehead atoms. The summed E-state index contributed by atoms with van der Waals surface area (Å²) < 4.78 is 34.8. The quantitative estimate of drug-likeness (QED) is 0.792. The number of carbonyl (C=O) groups excluding carboxylic acids is 1. The molecule has 166 valence electrons. The Morgan fingerprint density at radius 1 is 1.17 bits per heavy atom. The molecule has 2 aliphatic heterocycles. The van der Waals surface area contributed by atoms with Crippen LogP contribution < -0.4 is 9.46 Å². The maximum absolute atomic E-state index is 13.6. The molecule has 8 heteroatoms. The molecule has 4 unspecified atom stereocenters. The molecule has 2 saturated heterocycles. The number of nitrogens with zero attached hydrogens (tertiary/aromatic N) is 2. The van der Waals surface area contributed by atoms with Crippen LogP contribution in [0.15, 0.2) is 24.3 Å². The molecule has 1 saturated carbocycles. The van der Waals surface area contributed by atoms with Gasteiger partial charge >= 0.3 is 0 Å². The average Bonchev–Trinajstić information content (AvgIpc) is 2.92. The fraction of sp³-hybridized carbons (Fsp3) is 0.682. The van der Waals surface area contributed by atoms with Crippen LogP contribution in [0, 0.1) is 10.8 Å². The Labute approximate surface area is 179 Å². The minimum Gasteiger partial charge on any atom is -0.497 e. The van der Waals surface area contributed by atoms with E-state index in [9.17, 15) is 13.2 Å². The van der Waals surface area contributed by atoms with Crippen molar-refractivity contribution in [3.63, 3.8) is 0 Å². The molecule has 1 aliphatic carbocycles. The number of carbonyl (C=O) groups is 1. The zero-order valence-electron chi connectivity index (χ0n) is 18.5. The van der Waals surface area contributed by atoms with Gasteiger partial charge in [0.15, 0.2) is 0 Å². The third-order valence-electron chi connectivity index (χ3n) is 7.07. The summed E-state index contributed by atoms with van der Waals surface area (Å²) >= 11 is 0. The Morgan fingerprint density at radius 3 is 2.47 bits per heavy atom. The van der Waals surface area contributed by atoms with Gasteiger partial charge in [-0.2, -0.15) is 17.4 Å². The van der Waals surface area contributed by atoms with E-state index in [1.807, 2.05) is 29.2 Å². The fourth-order valence-corrected chi connectivity index (χ4v) is 7.33. The first-order valence-electron chi connectivity index (χ1n) is 10.6. The molecule has 2 heterocycles. The van der Waals surface area contributed by atoms with E-state index in [-0.39, 0.29) is 22.8 Å². The Hall–Kier alpha value is -1.64. The third kappa shape index (κ3) is 3.85. The van der Waals surface area contributed by atoms with E-state index in [0.717, 1.165) is 24.8 Å². The number of methoxy groups -OCH3 is 1. The van der Waals surface area contributed by atoms with Crippen molar-refractivity contribution in [2.45, 2.75) is 64.6 Å². The van der Waals surface area contributed by atoms with Crippen LogP contribution in [0.5, 0.6) is 5.75 Å². The molecule has 1 amide bonds. The number of rotatable bonds is 3. The maximum atomic E-state index is 13.6. The zero-order valence-corrected chi connectivity index (χ0v) is 19.3. The van der Waals surface area contributed by atoms with E-state index in [2.05, 4.69) is 25.5 Å². The maximum Gasteiger partial charge on any atom is 0.280 e. The SMILES string of the molecule is COc1ccc(C2CC(C(=O)N3CC4(C)CC3CC(C)(C)C4)N(C)S(=O)(=O)N2)cc1. The minimum absolute atomic E-state index is 0.0625. The third-order valence-corrected chi connectivity index (χ3v) is 8.66. The first-order chi connectivity index (χ1) is 13.9. The second-order valence-electron chi connectivity index (χ2n) is 10.4. The second kappa shape index (κ2) is 7.21. The van der Waals surface area contributed by atoms with E-state index < -0.39 is 22.3 Å². The van der Waals surface area contributed by atoms with E-state index in [1.54, 1.807) is 7.11 Å². The predicted octanol–water partition coefficient (Wildman–Crippen LogP) is 2.70. The number of hydrogen-bond donors (Lipinski definition) is 1. The van der Waals surface area contributed by atoms with Crippen molar-refractivity contribution in [1.29, 1.82) is 0 Å². The number of likely N-dealkylation sites (N-methyl/N-ethyl adjacent to an activating group) is 1. The summed E-state index contributed by atoms with van der Waals surface area (Å²) in [6.07, 6.45) is 3.47. The standard InChI is InChI=1S/C22H33N3O4S/c1-21(2)11-16-12-22(3,13-21)14-25(16)20(26)19-10-18(23-30(27,28)24(19)4)15-6-8-17(29-5)9-7-15/h6-9,16,18-19,23H,10-14H2,1-5H3. The van der Waals surface area contributed by atoms with Gasteiger partial charge in [0.05, 0.1) is 7.11 Å². The van der Waals surface area contributed by atoms with Crippen molar-refractivity contribution in [3.8, 4) is 5.75 Å². The highest BCUT2D eigenvalue weighted by atomic mass is 32.2. The molecule has 1 aromatic carbocycles. The highest BCUT2D eigenvalue weighted by Gasteiger charge is 2.53. The molecule has 1 aromatic rings. The van der Waals surface area contributed by atoms with Crippen LogP contribution in [-0.4, -0.2) is 56.3 Å². The molecule has 4 rings (SSSR count). The van der Waals surface area contributed by atoms with Gasteiger partial charge in [0, 0.05) is 25.7 Å². The van der Waals surface area contributed by atoms with Gasteiger partial charge in [0.2, 0.25) is 5.91 Å². The number of likely N-dealkylation sites (tertiary alicyclic amines) is 1. The van der Waals surface area contributed by atoms with Crippen molar-refractivity contribution in [3.05, 3.63) is 29.8 Å². The van der Waals surface area contributed by atoms with Crippen molar-refractivity contribution in [2.75, 3.05) is 20.7 Å². The van der Waals surface area contributed by atoms with Crippen molar-refractivity contribution >= 4 is 16.1 Å². The lowest BCUT2D eigenvalue weighted by Gasteiger charge is -2.41. The Morgan fingerprint density at radius 2 is 1.83 bits per heavy atom. The normalized spacial score (nSPS) is 35.2. The molecule has 3 fully saturated rings. The molecule has 0 aromatic heterocycles. The summed E-state index contributed by atoms with van der Waals surface area (Å²) in [7, 11) is -0.657. The minimum atomic E-state index is -3.75. The monoisotopic (exact) mass is 435 g/mol. The number of fused-ring (bicyclic) bond motifs is 2. The van der Waals surface area contributed by atoms with Crippen molar-refractivity contribution in [1.82, 2.24) is 13.9 Å². The van der Waals surface area contributed by atoms with Crippen LogP contribution >= 0.6 is 0 Å². The smallest absolute Gasteiger partial charge is 0.280 e. The first kappa shape index (κ1) is 21.6. The lowest BCUT2D eigenvalue weighted by atomic mass is 9.65. The fourth-order valence-electron chi connectivity index (χ4n) is 6.06. The van der Waals surface area contributed by atoms with E-state index >= 15 is 0 Å². The van der Waals surface area contributed by atoms with Crippen molar-refractivity contribution < 1.29 is 17.9 Å². The zero-order chi connectivity index (χ0) is 21.9. The van der Waals surface area contributed by atoms with Crippen LogP contribution in [0.4, 0.5) is 0 Å². The highest BCUT2D eigenvalue weighted by molar-refractivity contribution is 7.87. The van der Waals surface area contributed by atoms with Crippen LogP contribution in [0.3, 0.4) is 0 Å². The summed E-state index contributed by atoms with van der Waals surface area (Å²) in [6, 6.07) is 6.37. The molecule has 0 radical (unpaired) electrons. The van der Waals surface area contributed by atoms with E-state index in [1.165, 1.54) is 11.4 Å². The van der Waals surface area contributed by atoms with Gasteiger partial charge in [-0.05, 0) is 54.2 Å². The average molecular weight is 436 g/mol. The Kier molecular flexibility index (Phi) is 5.19. The van der Waals surface area contributed by atoms with Gasteiger partial charge < -0.3 is 9.64 Å². The van der Waals surface area contributed by atoms with Gasteiger partial charge in [0.1, 0.15) is 11.8 Å². The van der Waals surface area contributed by atoms with Crippen LogP contribution in [0.2, 0.25) is 0 Å².